The Labute approximate surface area is 193 Å². The van der Waals surface area contributed by atoms with Crippen molar-refractivity contribution in [3.05, 3.63) is 59.8 Å². The van der Waals surface area contributed by atoms with Crippen molar-refractivity contribution in [2.45, 2.75) is 51.0 Å². The molecule has 2 aliphatic rings. The van der Waals surface area contributed by atoms with Crippen LogP contribution in [0.1, 0.15) is 46.8 Å². The third kappa shape index (κ3) is 3.81. The van der Waals surface area contributed by atoms with E-state index in [1.807, 2.05) is 0 Å². The SMILES string of the molecule is [2H]C([2H])([2H])[C@@]1([2H])[C@H]2C[C@@H](Oc3ccc(C(F)(F)F)cn3)[C@H](C2)N1C(=O)c1ncc(C)cc1-n1nccn1. The van der Waals surface area contributed by atoms with E-state index in [1.54, 1.807) is 13.0 Å². The molecule has 11 heteroatoms. The Morgan fingerprint density at radius 2 is 2.00 bits per heavy atom. The third-order valence-electron chi connectivity index (χ3n) is 5.85. The Morgan fingerprint density at radius 3 is 2.67 bits per heavy atom. The number of piperidine rings is 1. The van der Waals surface area contributed by atoms with Gasteiger partial charge in [-0.15, -0.1) is 4.80 Å². The number of hydrogen-bond acceptors (Lipinski definition) is 6. The number of aromatic nitrogens is 5. The number of carbonyl (C=O) groups is 1. The minimum absolute atomic E-state index is 0.0997. The van der Waals surface area contributed by atoms with Crippen molar-refractivity contribution >= 4 is 5.91 Å². The van der Waals surface area contributed by atoms with Gasteiger partial charge in [0.05, 0.1) is 25.4 Å². The summed E-state index contributed by atoms with van der Waals surface area (Å²) in [6, 6.07) is 0.414. The minimum atomic E-state index is -4.56. The number of alkyl halides is 3. The summed E-state index contributed by atoms with van der Waals surface area (Å²) in [5.74, 6) is -1.68. The van der Waals surface area contributed by atoms with Crippen molar-refractivity contribution in [1.29, 1.82) is 0 Å². The first-order valence-electron chi connectivity index (χ1n) is 12.2. The first-order chi connectivity index (χ1) is 17.3. The fourth-order valence-electron chi connectivity index (χ4n) is 4.33. The van der Waals surface area contributed by atoms with Gasteiger partial charge in [-0.05, 0) is 50.2 Å². The predicted molar refractivity (Wildman–Crippen MR) is 110 cm³/mol. The number of halogens is 3. The van der Waals surface area contributed by atoms with Crippen LogP contribution >= 0.6 is 0 Å². The van der Waals surface area contributed by atoms with Crippen molar-refractivity contribution in [3.63, 3.8) is 0 Å². The Balaban J connectivity index is 1.50. The molecule has 0 spiro atoms. The van der Waals surface area contributed by atoms with Gasteiger partial charge >= 0.3 is 6.18 Å². The molecule has 0 unspecified atom stereocenters. The van der Waals surface area contributed by atoms with E-state index in [2.05, 4.69) is 20.2 Å². The zero-order valence-corrected chi connectivity index (χ0v) is 17.3. The first kappa shape index (κ1) is 17.0. The summed E-state index contributed by atoms with van der Waals surface area (Å²) >= 11 is 0. The summed E-state index contributed by atoms with van der Waals surface area (Å²) in [5.41, 5.74) is -0.161. The molecule has 0 N–H and O–H groups in total. The summed E-state index contributed by atoms with van der Waals surface area (Å²) in [6.07, 6.45) is -0.158. The van der Waals surface area contributed by atoms with Gasteiger partial charge in [0.1, 0.15) is 11.8 Å². The highest BCUT2D eigenvalue weighted by atomic mass is 19.4. The van der Waals surface area contributed by atoms with E-state index in [9.17, 15) is 18.0 Å². The fourth-order valence-corrected chi connectivity index (χ4v) is 4.33. The van der Waals surface area contributed by atoms with Crippen molar-refractivity contribution in [2.24, 2.45) is 5.92 Å². The summed E-state index contributed by atoms with van der Waals surface area (Å²) in [5, 5.41) is 8.10. The lowest BCUT2D eigenvalue weighted by Gasteiger charge is -2.37. The van der Waals surface area contributed by atoms with Gasteiger partial charge < -0.3 is 9.64 Å². The lowest BCUT2D eigenvalue weighted by atomic mass is 9.98. The highest BCUT2D eigenvalue weighted by Gasteiger charge is 2.53. The molecule has 1 aliphatic heterocycles. The van der Waals surface area contributed by atoms with Gasteiger partial charge in [-0.25, -0.2) is 9.97 Å². The summed E-state index contributed by atoms with van der Waals surface area (Å²) in [7, 11) is 0. The number of carbonyl (C=O) groups excluding carboxylic acids is 1. The monoisotopic (exact) mass is 462 g/mol. The zero-order chi connectivity index (χ0) is 26.8. The smallest absolute Gasteiger partial charge is 0.417 e. The van der Waals surface area contributed by atoms with Crippen LogP contribution in [0.5, 0.6) is 5.88 Å². The number of nitrogens with zero attached hydrogens (tertiary/aromatic N) is 6. The van der Waals surface area contributed by atoms with Crippen LogP contribution in [0.4, 0.5) is 13.2 Å². The molecule has 1 saturated carbocycles. The van der Waals surface area contributed by atoms with Gasteiger partial charge in [-0.1, -0.05) is 0 Å². The van der Waals surface area contributed by atoms with E-state index < -0.39 is 48.6 Å². The van der Waals surface area contributed by atoms with Crippen molar-refractivity contribution in [2.75, 3.05) is 0 Å². The summed E-state index contributed by atoms with van der Waals surface area (Å²) < 4.78 is 77.8. The average molecular weight is 462 g/mol. The van der Waals surface area contributed by atoms with Crippen LogP contribution in [-0.2, 0) is 6.18 Å². The van der Waals surface area contributed by atoms with Crippen molar-refractivity contribution in [1.82, 2.24) is 29.9 Å². The molecular formula is C22H21F3N6O2. The quantitative estimate of drug-likeness (QED) is 0.590. The van der Waals surface area contributed by atoms with Gasteiger partial charge in [0.15, 0.2) is 5.69 Å². The molecule has 1 aliphatic carbocycles. The highest BCUT2D eigenvalue weighted by Crippen LogP contribution is 2.44. The molecule has 5 rings (SSSR count). The first-order valence-corrected chi connectivity index (χ1v) is 10.2. The molecule has 4 heterocycles. The van der Waals surface area contributed by atoms with Crippen LogP contribution in [0.25, 0.3) is 5.69 Å². The predicted octanol–water partition coefficient (Wildman–Crippen LogP) is 3.46. The maximum Gasteiger partial charge on any atom is 0.417 e. The van der Waals surface area contributed by atoms with Gasteiger partial charge in [0, 0.05) is 28.6 Å². The third-order valence-corrected chi connectivity index (χ3v) is 5.85. The molecule has 172 valence electrons. The zero-order valence-electron chi connectivity index (χ0n) is 21.3. The highest BCUT2D eigenvalue weighted by molar-refractivity contribution is 5.96. The molecule has 1 amide bonds. The lowest BCUT2D eigenvalue weighted by Crippen LogP contribution is -2.51. The Bertz CT molecular complexity index is 1320. The average Bonchev–Trinajstić information content (AvgIpc) is 3.54. The van der Waals surface area contributed by atoms with E-state index in [1.165, 1.54) is 23.4 Å². The van der Waals surface area contributed by atoms with Crippen LogP contribution < -0.4 is 4.74 Å². The second-order valence-corrected chi connectivity index (χ2v) is 8.03. The molecule has 3 aromatic heterocycles. The van der Waals surface area contributed by atoms with E-state index in [4.69, 9.17) is 10.2 Å². The molecule has 1 saturated heterocycles. The van der Waals surface area contributed by atoms with Gasteiger partial charge in [-0.2, -0.15) is 23.4 Å². The summed E-state index contributed by atoms with van der Waals surface area (Å²) in [4.78, 5) is 24.0. The topological polar surface area (TPSA) is 86.0 Å². The number of aryl methyl sites for hydroxylation is 1. The van der Waals surface area contributed by atoms with Crippen LogP contribution in [0, 0.1) is 12.8 Å². The molecular weight excluding hydrogens is 437 g/mol. The molecule has 2 fully saturated rings. The van der Waals surface area contributed by atoms with E-state index in [-0.39, 0.29) is 30.1 Å². The van der Waals surface area contributed by atoms with E-state index in [0.29, 0.717) is 11.8 Å². The Morgan fingerprint density at radius 1 is 1.21 bits per heavy atom. The number of likely N-dealkylation sites (tertiary alicyclic amines) is 1. The van der Waals surface area contributed by atoms with Gasteiger partial charge in [0.2, 0.25) is 5.88 Å². The van der Waals surface area contributed by atoms with E-state index in [0.717, 1.165) is 17.0 Å². The second-order valence-electron chi connectivity index (χ2n) is 8.03. The normalized spacial score (nSPS) is 28.7. The van der Waals surface area contributed by atoms with Crippen LogP contribution in [0.15, 0.2) is 43.0 Å². The number of amides is 1. The number of pyridine rings is 2. The largest absolute Gasteiger partial charge is 0.472 e. The van der Waals surface area contributed by atoms with Gasteiger partial charge in [-0.3, -0.25) is 4.79 Å². The Hall–Kier alpha value is -3.50. The standard InChI is InChI=1S/C22H21F3N6O2/c1-12-7-17(31-28-5-6-29-31)20(27-10-12)21(32)30-13(2)14-8-16(30)18(9-14)33-19-4-3-15(11-26-19)22(23,24)25/h3-7,10-11,13-14,16,18H,8-9H2,1-2H3/t13-,14+,16-,18+/m0/s1/i2D3,13D. The Kier molecular flexibility index (Phi) is 4.04. The summed E-state index contributed by atoms with van der Waals surface area (Å²) in [6.45, 7) is -1.10. The number of hydrogen-bond donors (Lipinski definition) is 0. The minimum Gasteiger partial charge on any atom is -0.472 e. The number of rotatable bonds is 4. The van der Waals surface area contributed by atoms with Crippen LogP contribution in [0.2, 0.25) is 0 Å². The van der Waals surface area contributed by atoms with E-state index >= 15 is 0 Å². The molecule has 0 radical (unpaired) electrons. The number of fused-ring (bicyclic) bond motifs is 2. The van der Waals surface area contributed by atoms with Gasteiger partial charge in [0.25, 0.3) is 5.91 Å². The van der Waals surface area contributed by atoms with Crippen LogP contribution in [0.3, 0.4) is 0 Å². The fraction of sp³-hybridized carbons (Fsp3) is 0.409. The number of ether oxygens (including phenoxy) is 1. The van der Waals surface area contributed by atoms with Crippen molar-refractivity contribution in [3.8, 4) is 11.6 Å². The molecule has 2 bridgehead atoms. The lowest BCUT2D eigenvalue weighted by molar-refractivity contribution is -0.137. The molecule has 0 aromatic carbocycles. The maximum absolute atomic E-state index is 13.9. The molecule has 8 nitrogen and oxygen atoms in total. The molecule has 3 aromatic rings. The maximum atomic E-state index is 13.9. The second kappa shape index (κ2) is 7.82. The molecule has 4 atom stereocenters. The molecule has 33 heavy (non-hydrogen) atoms. The van der Waals surface area contributed by atoms with Crippen LogP contribution in [-0.4, -0.2) is 53.9 Å². The van der Waals surface area contributed by atoms with Crippen molar-refractivity contribution < 1.29 is 28.2 Å².